The van der Waals surface area contributed by atoms with Crippen molar-refractivity contribution in [2.24, 2.45) is 0 Å². The third-order valence-electron chi connectivity index (χ3n) is 3.40. The van der Waals surface area contributed by atoms with E-state index < -0.39 is 0 Å². The maximum atomic E-state index is 4.49. The number of imidazole rings is 1. The molecule has 0 fully saturated rings. The van der Waals surface area contributed by atoms with Crippen molar-refractivity contribution in [2.75, 3.05) is 12.4 Å². The second kappa shape index (κ2) is 4.76. The first-order chi connectivity index (χ1) is 8.86. The van der Waals surface area contributed by atoms with E-state index >= 15 is 0 Å². The van der Waals surface area contributed by atoms with E-state index in [4.69, 9.17) is 0 Å². The van der Waals surface area contributed by atoms with Crippen LogP contribution in [0.5, 0.6) is 0 Å². The fourth-order valence-corrected chi connectivity index (χ4v) is 2.41. The predicted molar refractivity (Wildman–Crippen MR) is 69.5 cm³/mol. The topological polar surface area (TPSA) is 55.6 Å². The molecule has 5 nitrogen and oxygen atoms in total. The Morgan fingerprint density at radius 1 is 1.17 bits per heavy atom. The summed E-state index contributed by atoms with van der Waals surface area (Å²) in [5.74, 6) is 0.798. The summed E-state index contributed by atoms with van der Waals surface area (Å²) in [7, 11) is 1.84. The second-order valence-corrected chi connectivity index (χ2v) is 4.62. The lowest BCUT2D eigenvalue weighted by atomic mass is 10.0. The van der Waals surface area contributed by atoms with Crippen LogP contribution < -0.4 is 5.32 Å². The van der Waals surface area contributed by atoms with Crippen molar-refractivity contribution in [3.63, 3.8) is 0 Å². The van der Waals surface area contributed by atoms with Gasteiger partial charge in [-0.3, -0.25) is 4.98 Å². The Morgan fingerprint density at radius 3 is 2.83 bits per heavy atom. The zero-order chi connectivity index (χ0) is 12.4. The third-order valence-corrected chi connectivity index (χ3v) is 3.40. The van der Waals surface area contributed by atoms with Crippen molar-refractivity contribution in [3.05, 3.63) is 35.8 Å². The number of aromatic nitrogens is 4. The molecule has 0 amide bonds. The van der Waals surface area contributed by atoms with Gasteiger partial charge in [0.2, 0.25) is 0 Å². The van der Waals surface area contributed by atoms with Gasteiger partial charge in [-0.2, -0.15) is 0 Å². The van der Waals surface area contributed by atoms with Gasteiger partial charge in [0.25, 0.3) is 0 Å². The Hall–Kier alpha value is -1.91. The Balaban J connectivity index is 1.81. The molecule has 0 aromatic carbocycles. The average Bonchev–Trinajstić information content (AvgIpc) is 2.83. The van der Waals surface area contributed by atoms with E-state index in [0.29, 0.717) is 0 Å². The number of nitrogens with zero attached hydrogens (tertiary/aromatic N) is 4. The van der Waals surface area contributed by atoms with Gasteiger partial charge < -0.3 is 9.88 Å². The summed E-state index contributed by atoms with van der Waals surface area (Å²) >= 11 is 0. The molecule has 0 radical (unpaired) electrons. The highest BCUT2D eigenvalue weighted by atomic mass is 15.1. The van der Waals surface area contributed by atoms with E-state index in [1.807, 2.05) is 19.6 Å². The van der Waals surface area contributed by atoms with Crippen LogP contribution in [-0.2, 0) is 19.4 Å². The van der Waals surface area contributed by atoms with Crippen LogP contribution >= 0.6 is 0 Å². The lowest BCUT2D eigenvalue weighted by molar-refractivity contribution is 0.624. The SMILES string of the molecule is CNc1cnc(Cn2cnc3c2CCCC3)cn1. The van der Waals surface area contributed by atoms with Gasteiger partial charge >= 0.3 is 0 Å². The molecule has 2 aromatic heterocycles. The summed E-state index contributed by atoms with van der Waals surface area (Å²) in [5.41, 5.74) is 3.61. The molecule has 18 heavy (non-hydrogen) atoms. The van der Waals surface area contributed by atoms with E-state index in [0.717, 1.165) is 30.9 Å². The van der Waals surface area contributed by atoms with Crippen LogP contribution in [-0.4, -0.2) is 26.6 Å². The molecule has 1 aliphatic carbocycles. The molecule has 1 N–H and O–H groups in total. The predicted octanol–water partition coefficient (Wildman–Crippen LogP) is 1.64. The summed E-state index contributed by atoms with van der Waals surface area (Å²) in [6, 6.07) is 0. The molecule has 0 bridgehead atoms. The minimum atomic E-state index is 0.763. The Morgan fingerprint density at radius 2 is 2.06 bits per heavy atom. The first-order valence-electron chi connectivity index (χ1n) is 6.38. The van der Waals surface area contributed by atoms with Crippen LogP contribution in [0.3, 0.4) is 0 Å². The molecule has 0 saturated carbocycles. The molecule has 5 heteroatoms. The summed E-state index contributed by atoms with van der Waals surface area (Å²) in [6.07, 6.45) is 10.3. The van der Waals surface area contributed by atoms with Gasteiger partial charge in [0.15, 0.2) is 0 Å². The van der Waals surface area contributed by atoms with Crippen molar-refractivity contribution in [2.45, 2.75) is 32.2 Å². The van der Waals surface area contributed by atoms with Gasteiger partial charge in [0.1, 0.15) is 5.82 Å². The van der Waals surface area contributed by atoms with Crippen molar-refractivity contribution in [1.29, 1.82) is 0 Å². The fourth-order valence-electron chi connectivity index (χ4n) is 2.41. The molecule has 2 aromatic rings. The highest BCUT2D eigenvalue weighted by Gasteiger charge is 2.15. The van der Waals surface area contributed by atoms with Gasteiger partial charge in [-0.1, -0.05) is 0 Å². The summed E-state index contributed by atoms with van der Waals surface area (Å²) < 4.78 is 2.21. The largest absolute Gasteiger partial charge is 0.372 e. The second-order valence-electron chi connectivity index (χ2n) is 4.62. The van der Waals surface area contributed by atoms with Crippen molar-refractivity contribution >= 4 is 5.82 Å². The highest BCUT2D eigenvalue weighted by molar-refractivity contribution is 5.29. The van der Waals surface area contributed by atoms with E-state index in [1.54, 1.807) is 6.20 Å². The molecule has 0 aliphatic heterocycles. The van der Waals surface area contributed by atoms with E-state index in [9.17, 15) is 0 Å². The minimum absolute atomic E-state index is 0.763. The molecule has 2 heterocycles. The Bertz CT molecular complexity index is 529. The van der Waals surface area contributed by atoms with Gasteiger partial charge in [-0.15, -0.1) is 0 Å². The number of rotatable bonds is 3. The number of aryl methyl sites for hydroxylation is 1. The van der Waals surface area contributed by atoms with Crippen LogP contribution in [0.25, 0.3) is 0 Å². The van der Waals surface area contributed by atoms with E-state index in [-0.39, 0.29) is 0 Å². The first-order valence-corrected chi connectivity index (χ1v) is 6.38. The van der Waals surface area contributed by atoms with Gasteiger partial charge in [0, 0.05) is 12.7 Å². The van der Waals surface area contributed by atoms with Crippen molar-refractivity contribution in [3.8, 4) is 0 Å². The van der Waals surface area contributed by atoms with Crippen LogP contribution in [0, 0.1) is 0 Å². The first kappa shape index (κ1) is 11.2. The Labute approximate surface area is 106 Å². The number of fused-ring (bicyclic) bond motifs is 1. The van der Waals surface area contributed by atoms with Crippen molar-refractivity contribution < 1.29 is 0 Å². The Kier molecular flexibility index (Phi) is 2.96. The number of anilines is 1. The molecular weight excluding hydrogens is 226 g/mol. The summed E-state index contributed by atoms with van der Waals surface area (Å²) in [6.45, 7) is 0.763. The van der Waals surface area contributed by atoms with E-state index in [2.05, 4.69) is 24.8 Å². The molecule has 1 aliphatic rings. The van der Waals surface area contributed by atoms with Crippen LogP contribution in [0.4, 0.5) is 5.82 Å². The maximum Gasteiger partial charge on any atom is 0.144 e. The highest BCUT2D eigenvalue weighted by Crippen LogP contribution is 2.20. The zero-order valence-electron chi connectivity index (χ0n) is 10.6. The molecular formula is C13H17N5. The minimum Gasteiger partial charge on any atom is -0.372 e. The van der Waals surface area contributed by atoms with E-state index in [1.165, 1.54) is 24.2 Å². The van der Waals surface area contributed by atoms with Gasteiger partial charge in [-0.05, 0) is 25.7 Å². The monoisotopic (exact) mass is 243 g/mol. The third kappa shape index (κ3) is 2.08. The summed E-state index contributed by atoms with van der Waals surface area (Å²) in [4.78, 5) is 13.2. The molecule has 0 atom stereocenters. The number of nitrogens with one attached hydrogen (secondary N) is 1. The van der Waals surface area contributed by atoms with Crippen molar-refractivity contribution in [1.82, 2.24) is 19.5 Å². The maximum absolute atomic E-state index is 4.49. The molecule has 3 rings (SSSR count). The number of hydrogen-bond acceptors (Lipinski definition) is 4. The van der Waals surface area contributed by atoms with Crippen LogP contribution in [0.15, 0.2) is 18.7 Å². The standard InChI is InChI=1S/C13H17N5/c1-14-13-7-15-10(6-16-13)8-18-9-17-11-4-2-3-5-12(11)18/h6-7,9H,2-5,8H2,1H3,(H,14,16). The molecule has 94 valence electrons. The molecule has 0 saturated heterocycles. The van der Waals surface area contributed by atoms with Gasteiger partial charge in [0.05, 0.1) is 36.7 Å². The molecule has 0 spiro atoms. The molecule has 0 unspecified atom stereocenters. The van der Waals surface area contributed by atoms with Crippen LogP contribution in [0.1, 0.15) is 29.9 Å². The normalized spacial score (nSPS) is 14.3. The smallest absolute Gasteiger partial charge is 0.144 e. The zero-order valence-corrected chi connectivity index (χ0v) is 10.6. The van der Waals surface area contributed by atoms with Gasteiger partial charge in [-0.25, -0.2) is 9.97 Å². The summed E-state index contributed by atoms with van der Waals surface area (Å²) in [5, 5.41) is 2.97. The van der Waals surface area contributed by atoms with Crippen LogP contribution in [0.2, 0.25) is 0 Å². The quantitative estimate of drug-likeness (QED) is 0.890. The lowest BCUT2D eigenvalue weighted by Crippen LogP contribution is -2.10. The number of hydrogen-bond donors (Lipinski definition) is 1. The lowest BCUT2D eigenvalue weighted by Gasteiger charge is -2.13. The average molecular weight is 243 g/mol. The fraction of sp³-hybridized carbons (Fsp3) is 0.462.